The first-order chi connectivity index (χ1) is 8.42. The fourth-order valence-electron chi connectivity index (χ4n) is 2.22. The Morgan fingerprint density at radius 1 is 1.28 bits per heavy atom. The minimum atomic E-state index is 0.173. The molecule has 0 aliphatic heterocycles. The van der Waals surface area contributed by atoms with Gasteiger partial charge in [0.05, 0.1) is 5.69 Å². The van der Waals surface area contributed by atoms with Gasteiger partial charge in [0.2, 0.25) is 0 Å². The first-order valence-corrected chi connectivity index (χ1v) is 6.51. The van der Waals surface area contributed by atoms with Crippen molar-refractivity contribution in [1.29, 1.82) is 0 Å². The van der Waals surface area contributed by atoms with E-state index in [-0.39, 0.29) is 5.41 Å². The van der Waals surface area contributed by atoms with Gasteiger partial charge < -0.3 is 9.63 Å². The van der Waals surface area contributed by atoms with Crippen LogP contribution in [0.5, 0.6) is 5.75 Å². The van der Waals surface area contributed by atoms with Gasteiger partial charge in [-0.05, 0) is 30.4 Å². The Labute approximate surface area is 108 Å². The van der Waals surface area contributed by atoms with Crippen molar-refractivity contribution in [2.24, 2.45) is 5.41 Å². The van der Waals surface area contributed by atoms with Crippen molar-refractivity contribution in [3.05, 3.63) is 23.4 Å². The molecule has 18 heavy (non-hydrogen) atoms. The third-order valence-corrected chi connectivity index (χ3v) is 2.99. The number of phenols is 1. The molecule has 1 N–H and O–H groups in total. The molecule has 0 aliphatic carbocycles. The van der Waals surface area contributed by atoms with Gasteiger partial charge in [0.1, 0.15) is 5.75 Å². The summed E-state index contributed by atoms with van der Waals surface area (Å²) in [4.78, 5) is 0. The molecule has 0 amide bonds. The lowest BCUT2D eigenvalue weighted by Gasteiger charge is -2.15. The molecule has 0 atom stereocenters. The molecule has 0 radical (unpaired) electrons. The number of aryl methyl sites for hydroxylation is 1. The first kappa shape index (κ1) is 12.9. The van der Waals surface area contributed by atoms with Gasteiger partial charge in [0, 0.05) is 10.9 Å². The van der Waals surface area contributed by atoms with Crippen molar-refractivity contribution in [3.8, 4) is 5.75 Å². The van der Waals surface area contributed by atoms with Crippen LogP contribution in [0, 0.1) is 5.41 Å². The summed E-state index contributed by atoms with van der Waals surface area (Å²) < 4.78 is 5.45. The van der Waals surface area contributed by atoms with E-state index in [0.29, 0.717) is 5.75 Å². The van der Waals surface area contributed by atoms with E-state index in [4.69, 9.17) is 4.52 Å². The smallest absolute Gasteiger partial charge is 0.174 e. The van der Waals surface area contributed by atoms with Gasteiger partial charge in [-0.15, -0.1) is 0 Å². The fourth-order valence-corrected chi connectivity index (χ4v) is 2.22. The van der Waals surface area contributed by atoms with Crippen molar-refractivity contribution in [1.82, 2.24) is 5.16 Å². The second kappa shape index (κ2) is 4.63. The number of aromatic hydroxyl groups is 1. The number of benzene rings is 1. The Kier molecular flexibility index (Phi) is 3.33. The summed E-state index contributed by atoms with van der Waals surface area (Å²) >= 11 is 0. The molecule has 1 aromatic heterocycles. The standard InChI is InChI=1S/C15H21NO2/c1-5-6-11-13(17)8-7-10-12(9-15(2,3)4)16-18-14(10)11/h7-8,17H,5-6,9H2,1-4H3. The Hall–Kier alpha value is -1.51. The maximum absolute atomic E-state index is 9.89. The molecule has 98 valence electrons. The summed E-state index contributed by atoms with van der Waals surface area (Å²) in [5.41, 5.74) is 2.78. The Bertz CT molecular complexity index is 549. The number of hydrogen-bond acceptors (Lipinski definition) is 3. The number of nitrogens with zero attached hydrogens (tertiary/aromatic N) is 1. The average Bonchev–Trinajstić information content (AvgIpc) is 2.64. The van der Waals surface area contributed by atoms with Gasteiger partial charge >= 0.3 is 0 Å². The van der Waals surface area contributed by atoms with Crippen LogP contribution in [0.2, 0.25) is 0 Å². The lowest BCUT2D eigenvalue weighted by molar-refractivity contribution is 0.381. The molecule has 1 aromatic carbocycles. The van der Waals surface area contributed by atoms with Crippen LogP contribution in [-0.2, 0) is 12.8 Å². The molecule has 0 saturated carbocycles. The highest BCUT2D eigenvalue weighted by atomic mass is 16.5. The van der Waals surface area contributed by atoms with Gasteiger partial charge in [-0.1, -0.05) is 39.3 Å². The average molecular weight is 247 g/mol. The van der Waals surface area contributed by atoms with Crippen molar-refractivity contribution in [3.63, 3.8) is 0 Å². The minimum absolute atomic E-state index is 0.173. The van der Waals surface area contributed by atoms with Crippen LogP contribution in [-0.4, -0.2) is 10.3 Å². The normalized spacial score (nSPS) is 12.2. The largest absolute Gasteiger partial charge is 0.508 e. The Balaban J connectivity index is 2.51. The molecule has 3 nitrogen and oxygen atoms in total. The number of aromatic nitrogens is 1. The molecule has 3 heteroatoms. The molecule has 0 bridgehead atoms. The SMILES string of the molecule is CCCc1c(O)ccc2c(CC(C)(C)C)noc12. The zero-order chi connectivity index (χ0) is 13.3. The molecule has 0 unspecified atom stereocenters. The van der Waals surface area contributed by atoms with Gasteiger partial charge in [0.15, 0.2) is 5.58 Å². The predicted octanol–water partition coefficient (Wildman–Crippen LogP) is 4.07. The number of phenolic OH excluding ortho intramolecular Hbond substituents is 1. The molecule has 2 rings (SSSR count). The molecular formula is C15H21NO2. The van der Waals surface area contributed by atoms with E-state index >= 15 is 0 Å². The molecule has 0 aliphatic rings. The van der Waals surface area contributed by atoms with Crippen molar-refractivity contribution in [2.45, 2.75) is 47.0 Å². The summed E-state index contributed by atoms with van der Waals surface area (Å²) in [6, 6.07) is 3.65. The van der Waals surface area contributed by atoms with Crippen molar-refractivity contribution in [2.75, 3.05) is 0 Å². The van der Waals surface area contributed by atoms with E-state index in [9.17, 15) is 5.11 Å². The van der Waals surface area contributed by atoms with Crippen molar-refractivity contribution < 1.29 is 9.63 Å². The second-order valence-corrected chi connectivity index (χ2v) is 6.06. The maximum atomic E-state index is 9.89. The van der Waals surface area contributed by atoms with E-state index in [1.54, 1.807) is 6.07 Å². The van der Waals surface area contributed by atoms with E-state index < -0.39 is 0 Å². The maximum Gasteiger partial charge on any atom is 0.174 e. The zero-order valence-corrected chi connectivity index (χ0v) is 11.6. The molecule has 0 saturated heterocycles. The quantitative estimate of drug-likeness (QED) is 0.889. The zero-order valence-electron chi connectivity index (χ0n) is 11.6. The van der Waals surface area contributed by atoms with Crippen LogP contribution < -0.4 is 0 Å². The summed E-state index contributed by atoms with van der Waals surface area (Å²) in [7, 11) is 0. The number of hydrogen-bond donors (Lipinski definition) is 1. The highest BCUT2D eigenvalue weighted by Crippen LogP contribution is 2.32. The molecule has 2 aromatic rings. The third-order valence-electron chi connectivity index (χ3n) is 2.99. The summed E-state index contributed by atoms with van der Waals surface area (Å²) in [6.07, 6.45) is 2.66. The number of fused-ring (bicyclic) bond motifs is 1. The summed E-state index contributed by atoms with van der Waals surface area (Å²) in [6.45, 7) is 8.63. The van der Waals surface area contributed by atoms with Crippen LogP contribution in [0.4, 0.5) is 0 Å². The lowest BCUT2D eigenvalue weighted by atomic mass is 9.89. The molecular weight excluding hydrogens is 226 g/mol. The predicted molar refractivity (Wildman–Crippen MR) is 72.8 cm³/mol. The van der Waals surface area contributed by atoms with Crippen LogP contribution in [0.3, 0.4) is 0 Å². The number of rotatable bonds is 3. The monoisotopic (exact) mass is 247 g/mol. The highest BCUT2D eigenvalue weighted by molar-refractivity contribution is 5.84. The Morgan fingerprint density at radius 3 is 2.61 bits per heavy atom. The summed E-state index contributed by atoms with van der Waals surface area (Å²) in [5.74, 6) is 0.308. The molecule has 1 heterocycles. The third kappa shape index (κ3) is 2.50. The minimum Gasteiger partial charge on any atom is -0.508 e. The summed E-state index contributed by atoms with van der Waals surface area (Å²) in [5, 5.41) is 15.1. The second-order valence-electron chi connectivity index (χ2n) is 6.06. The van der Waals surface area contributed by atoms with Crippen LogP contribution in [0.1, 0.15) is 45.4 Å². The van der Waals surface area contributed by atoms with Crippen molar-refractivity contribution >= 4 is 11.0 Å². The van der Waals surface area contributed by atoms with Gasteiger partial charge in [-0.25, -0.2) is 0 Å². The highest BCUT2D eigenvalue weighted by Gasteiger charge is 2.19. The first-order valence-electron chi connectivity index (χ1n) is 6.51. The van der Waals surface area contributed by atoms with E-state index in [0.717, 1.165) is 41.5 Å². The molecule has 0 spiro atoms. The van der Waals surface area contributed by atoms with E-state index in [1.807, 2.05) is 6.07 Å². The van der Waals surface area contributed by atoms with Crippen LogP contribution in [0.25, 0.3) is 11.0 Å². The topological polar surface area (TPSA) is 46.3 Å². The Morgan fingerprint density at radius 2 is 2.00 bits per heavy atom. The van der Waals surface area contributed by atoms with E-state index in [2.05, 4.69) is 32.9 Å². The van der Waals surface area contributed by atoms with Gasteiger partial charge in [-0.2, -0.15) is 0 Å². The van der Waals surface area contributed by atoms with Gasteiger partial charge in [-0.3, -0.25) is 0 Å². The van der Waals surface area contributed by atoms with Crippen LogP contribution in [0.15, 0.2) is 16.7 Å². The van der Waals surface area contributed by atoms with Crippen LogP contribution >= 0.6 is 0 Å². The lowest BCUT2D eigenvalue weighted by Crippen LogP contribution is -2.09. The molecule has 0 fully saturated rings. The fraction of sp³-hybridized carbons (Fsp3) is 0.533. The van der Waals surface area contributed by atoms with E-state index in [1.165, 1.54) is 0 Å². The van der Waals surface area contributed by atoms with Gasteiger partial charge in [0.25, 0.3) is 0 Å².